The van der Waals surface area contributed by atoms with Crippen molar-refractivity contribution in [1.82, 2.24) is 5.43 Å². The van der Waals surface area contributed by atoms with Crippen LogP contribution in [0.25, 0.3) is 0 Å². The second kappa shape index (κ2) is 5.66. The molecule has 4 heteroatoms. The lowest BCUT2D eigenvalue weighted by molar-refractivity contribution is 0.0318. The first kappa shape index (κ1) is 11.9. The van der Waals surface area contributed by atoms with E-state index < -0.39 is 0 Å². The minimum Gasteiger partial charge on any atom is -0.378 e. The molecule has 0 aliphatic carbocycles. The molecule has 3 unspecified atom stereocenters. The maximum Gasteiger partial charge on any atom is 0.0640 e. The smallest absolute Gasteiger partial charge is 0.0640 e. The van der Waals surface area contributed by atoms with E-state index in [1.165, 1.54) is 0 Å². The molecular formula is C10H22N2O2. The molecule has 0 saturated carbocycles. The Morgan fingerprint density at radius 2 is 2.29 bits per heavy atom. The normalized spacial score (nSPS) is 29.8. The lowest BCUT2D eigenvalue weighted by atomic mass is 9.94. The average Bonchev–Trinajstić information content (AvgIpc) is 2.53. The van der Waals surface area contributed by atoms with Gasteiger partial charge in [0.15, 0.2) is 0 Å². The predicted octanol–water partition coefficient (Wildman–Crippen LogP) is 0.668. The molecule has 1 aliphatic rings. The van der Waals surface area contributed by atoms with Gasteiger partial charge in [-0.25, -0.2) is 0 Å². The zero-order valence-electron chi connectivity index (χ0n) is 9.32. The molecule has 0 aromatic heterocycles. The molecule has 0 spiro atoms. The number of rotatable bonds is 5. The number of hydrazine groups is 1. The van der Waals surface area contributed by atoms with Crippen LogP contribution in [0.4, 0.5) is 0 Å². The van der Waals surface area contributed by atoms with Crippen molar-refractivity contribution < 1.29 is 9.47 Å². The Balaban J connectivity index is 2.36. The summed E-state index contributed by atoms with van der Waals surface area (Å²) >= 11 is 0. The Bertz CT molecular complexity index is 164. The zero-order valence-corrected chi connectivity index (χ0v) is 9.32. The lowest BCUT2D eigenvalue weighted by Crippen LogP contribution is -2.46. The standard InChI is InChI=1S/C10H22N2O2/c1-7(2)14-6-10(12-11)9-4-5-13-8(9)3/h7-10,12H,4-6,11H2,1-3H3. The maximum atomic E-state index is 5.56. The van der Waals surface area contributed by atoms with Crippen LogP contribution in [0.15, 0.2) is 0 Å². The quantitative estimate of drug-likeness (QED) is 0.508. The highest BCUT2D eigenvalue weighted by atomic mass is 16.5. The van der Waals surface area contributed by atoms with Gasteiger partial charge in [0, 0.05) is 18.6 Å². The van der Waals surface area contributed by atoms with Crippen molar-refractivity contribution in [2.45, 2.75) is 45.4 Å². The highest BCUT2D eigenvalue weighted by Crippen LogP contribution is 2.23. The van der Waals surface area contributed by atoms with Crippen molar-refractivity contribution in [3.8, 4) is 0 Å². The second-order valence-corrected chi connectivity index (χ2v) is 4.18. The third-order valence-corrected chi connectivity index (χ3v) is 2.77. The summed E-state index contributed by atoms with van der Waals surface area (Å²) in [6.45, 7) is 7.65. The molecule has 0 radical (unpaired) electrons. The third-order valence-electron chi connectivity index (χ3n) is 2.77. The molecular weight excluding hydrogens is 180 g/mol. The molecule has 0 aromatic rings. The van der Waals surface area contributed by atoms with Crippen LogP contribution in [0.5, 0.6) is 0 Å². The average molecular weight is 202 g/mol. The van der Waals surface area contributed by atoms with E-state index in [0.717, 1.165) is 13.0 Å². The van der Waals surface area contributed by atoms with Gasteiger partial charge in [-0.05, 0) is 27.2 Å². The van der Waals surface area contributed by atoms with E-state index in [-0.39, 0.29) is 18.2 Å². The Kier molecular flexibility index (Phi) is 4.81. The summed E-state index contributed by atoms with van der Waals surface area (Å²) in [7, 11) is 0. The third kappa shape index (κ3) is 3.20. The molecule has 1 fully saturated rings. The predicted molar refractivity (Wildman–Crippen MR) is 55.7 cm³/mol. The van der Waals surface area contributed by atoms with Crippen LogP contribution in [0.1, 0.15) is 27.2 Å². The molecule has 84 valence electrons. The molecule has 1 saturated heterocycles. The van der Waals surface area contributed by atoms with Gasteiger partial charge >= 0.3 is 0 Å². The SMILES string of the molecule is CC(C)OCC(NN)C1CCOC1C. The summed E-state index contributed by atoms with van der Waals surface area (Å²) in [5.74, 6) is 5.99. The maximum absolute atomic E-state index is 5.56. The van der Waals surface area contributed by atoms with Crippen molar-refractivity contribution in [1.29, 1.82) is 0 Å². The Hall–Kier alpha value is -0.160. The topological polar surface area (TPSA) is 56.5 Å². The van der Waals surface area contributed by atoms with Gasteiger partial charge in [-0.2, -0.15) is 0 Å². The molecule has 1 heterocycles. The van der Waals surface area contributed by atoms with Crippen molar-refractivity contribution in [3.63, 3.8) is 0 Å². The van der Waals surface area contributed by atoms with Gasteiger partial charge in [0.25, 0.3) is 0 Å². The van der Waals surface area contributed by atoms with Crippen molar-refractivity contribution in [2.75, 3.05) is 13.2 Å². The number of ether oxygens (including phenoxy) is 2. The van der Waals surface area contributed by atoms with Gasteiger partial charge in [-0.1, -0.05) is 0 Å². The van der Waals surface area contributed by atoms with Gasteiger partial charge in [0.2, 0.25) is 0 Å². The van der Waals surface area contributed by atoms with Crippen LogP contribution in [0.2, 0.25) is 0 Å². The monoisotopic (exact) mass is 202 g/mol. The fourth-order valence-corrected chi connectivity index (χ4v) is 1.87. The Morgan fingerprint density at radius 3 is 2.71 bits per heavy atom. The number of nitrogens with two attached hydrogens (primary N) is 1. The van der Waals surface area contributed by atoms with Gasteiger partial charge < -0.3 is 9.47 Å². The number of hydrogen-bond donors (Lipinski definition) is 2. The van der Waals surface area contributed by atoms with Gasteiger partial charge in [-0.15, -0.1) is 0 Å². The fourth-order valence-electron chi connectivity index (χ4n) is 1.87. The lowest BCUT2D eigenvalue weighted by Gasteiger charge is -2.25. The summed E-state index contributed by atoms with van der Waals surface area (Å²) in [6, 6.07) is 0.204. The molecule has 1 aliphatic heterocycles. The van der Waals surface area contributed by atoms with E-state index >= 15 is 0 Å². The summed E-state index contributed by atoms with van der Waals surface area (Å²) in [5.41, 5.74) is 2.82. The largest absolute Gasteiger partial charge is 0.378 e. The Labute approximate surface area is 86.1 Å². The molecule has 3 atom stereocenters. The van der Waals surface area contributed by atoms with Crippen LogP contribution in [0, 0.1) is 5.92 Å². The van der Waals surface area contributed by atoms with Crippen LogP contribution < -0.4 is 11.3 Å². The molecule has 0 amide bonds. The second-order valence-electron chi connectivity index (χ2n) is 4.18. The minimum atomic E-state index is 0.204. The van der Waals surface area contributed by atoms with Crippen LogP contribution in [-0.2, 0) is 9.47 Å². The summed E-state index contributed by atoms with van der Waals surface area (Å²) in [6.07, 6.45) is 1.60. The van der Waals surface area contributed by atoms with E-state index in [1.807, 2.05) is 13.8 Å². The van der Waals surface area contributed by atoms with Crippen molar-refractivity contribution in [2.24, 2.45) is 11.8 Å². The summed E-state index contributed by atoms with van der Waals surface area (Å²) in [4.78, 5) is 0. The van der Waals surface area contributed by atoms with Crippen LogP contribution in [-0.4, -0.2) is 31.5 Å². The molecule has 3 N–H and O–H groups in total. The van der Waals surface area contributed by atoms with E-state index in [4.69, 9.17) is 15.3 Å². The van der Waals surface area contributed by atoms with E-state index in [9.17, 15) is 0 Å². The first-order valence-electron chi connectivity index (χ1n) is 5.34. The first-order valence-corrected chi connectivity index (χ1v) is 5.34. The molecule has 0 aromatic carbocycles. The molecule has 1 rings (SSSR count). The number of hydrogen-bond acceptors (Lipinski definition) is 4. The Morgan fingerprint density at radius 1 is 1.57 bits per heavy atom. The molecule has 14 heavy (non-hydrogen) atoms. The first-order chi connectivity index (χ1) is 6.65. The van der Waals surface area contributed by atoms with Crippen LogP contribution >= 0.6 is 0 Å². The zero-order chi connectivity index (χ0) is 10.6. The van der Waals surface area contributed by atoms with Crippen molar-refractivity contribution in [3.05, 3.63) is 0 Å². The molecule has 0 bridgehead atoms. The molecule has 4 nitrogen and oxygen atoms in total. The minimum absolute atomic E-state index is 0.204. The van der Waals surface area contributed by atoms with Crippen LogP contribution in [0.3, 0.4) is 0 Å². The van der Waals surface area contributed by atoms with E-state index in [1.54, 1.807) is 0 Å². The highest BCUT2D eigenvalue weighted by Gasteiger charge is 2.31. The summed E-state index contributed by atoms with van der Waals surface area (Å²) < 4.78 is 11.1. The summed E-state index contributed by atoms with van der Waals surface area (Å²) in [5, 5.41) is 0. The van der Waals surface area contributed by atoms with Crippen molar-refractivity contribution >= 4 is 0 Å². The van der Waals surface area contributed by atoms with Gasteiger partial charge in [0.1, 0.15) is 0 Å². The van der Waals surface area contributed by atoms with E-state index in [0.29, 0.717) is 12.5 Å². The highest BCUT2D eigenvalue weighted by molar-refractivity contribution is 4.83. The van der Waals surface area contributed by atoms with Gasteiger partial charge in [0.05, 0.1) is 18.8 Å². The van der Waals surface area contributed by atoms with E-state index in [2.05, 4.69) is 12.3 Å². The number of nitrogens with one attached hydrogen (secondary N) is 1. The van der Waals surface area contributed by atoms with Gasteiger partial charge in [-0.3, -0.25) is 11.3 Å². The fraction of sp³-hybridized carbons (Fsp3) is 1.00.